The van der Waals surface area contributed by atoms with E-state index in [0.717, 1.165) is 13.0 Å². The van der Waals surface area contributed by atoms with Gasteiger partial charge in [0.25, 0.3) is 0 Å². The van der Waals surface area contributed by atoms with Crippen molar-refractivity contribution < 1.29 is 9.84 Å². The molecule has 0 amide bonds. The van der Waals surface area contributed by atoms with Crippen molar-refractivity contribution in [2.75, 3.05) is 19.8 Å². The second kappa shape index (κ2) is 20.2. The van der Waals surface area contributed by atoms with Gasteiger partial charge in [-0.3, -0.25) is 0 Å². The molecule has 0 fully saturated rings. The van der Waals surface area contributed by atoms with Crippen molar-refractivity contribution in [2.24, 2.45) is 0 Å². The standard InChI is InChI=1S/C22H47NO2/c1-4-5-6-7-8-9-10-11-12-13-14-15-16-17-18-25-20-22(24)19-23-21(2)3/h21-24H,4-20H2,1-3H3. The number of hydrogen-bond donors (Lipinski definition) is 2. The Morgan fingerprint density at radius 2 is 1.16 bits per heavy atom. The minimum absolute atomic E-state index is 0.381. The molecule has 3 heteroatoms. The van der Waals surface area contributed by atoms with Crippen molar-refractivity contribution in [2.45, 2.75) is 123 Å². The molecular formula is C22H47NO2. The monoisotopic (exact) mass is 357 g/mol. The molecule has 0 saturated heterocycles. The van der Waals surface area contributed by atoms with Crippen molar-refractivity contribution in [3.63, 3.8) is 0 Å². The van der Waals surface area contributed by atoms with Gasteiger partial charge in [-0.2, -0.15) is 0 Å². The summed E-state index contributed by atoms with van der Waals surface area (Å²) in [5, 5.41) is 12.9. The Bertz CT molecular complexity index is 246. The molecule has 0 aromatic rings. The first-order valence-corrected chi connectivity index (χ1v) is 11.2. The predicted octanol–water partition coefficient (Wildman–Crippen LogP) is 5.84. The maximum Gasteiger partial charge on any atom is 0.0897 e. The lowest BCUT2D eigenvalue weighted by Gasteiger charge is -2.14. The van der Waals surface area contributed by atoms with E-state index in [1.807, 2.05) is 0 Å². The molecule has 0 bridgehead atoms. The quantitative estimate of drug-likeness (QED) is 0.269. The van der Waals surface area contributed by atoms with Gasteiger partial charge in [-0.1, -0.05) is 104 Å². The maximum atomic E-state index is 9.73. The van der Waals surface area contributed by atoms with Crippen LogP contribution < -0.4 is 5.32 Å². The SMILES string of the molecule is CCCCCCCCCCCCCCCCOCC(O)CNC(C)C. The fourth-order valence-corrected chi connectivity index (χ4v) is 3.05. The van der Waals surface area contributed by atoms with Gasteiger partial charge >= 0.3 is 0 Å². The number of nitrogens with one attached hydrogen (secondary N) is 1. The third kappa shape index (κ3) is 21.8. The largest absolute Gasteiger partial charge is 0.389 e. The van der Waals surface area contributed by atoms with Crippen LogP contribution in [0.3, 0.4) is 0 Å². The highest BCUT2D eigenvalue weighted by atomic mass is 16.5. The normalized spacial score (nSPS) is 12.8. The van der Waals surface area contributed by atoms with E-state index in [4.69, 9.17) is 4.74 Å². The summed E-state index contributed by atoms with van der Waals surface area (Å²) in [6.07, 6.45) is 18.9. The Kier molecular flexibility index (Phi) is 20.1. The van der Waals surface area contributed by atoms with Gasteiger partial charge < -0.3 is 15.2 Å². The fourth-order valence-electron chi connectivity index (χ4n) is 3.05. The van der Waals surface area contributed by atoms with E-state index >= 15 is 0 Å². The number of rotatable bonds is 20. The molecular weight excluding hydrogens is 310 g/mol. The van der Waals surface area contributed by atoms with E-state index < -0.39 is 0 Å². The van der Waals surface area contributed by atoms with Crippen LogP contribution in [0.1, 0.15) is 111 Å². The van der Waals surface area contributed by atoms with Gasteiger partial charge in [-0.05, 0) is 6.42 Å². The third-order valence-corrected chi connectivity index (χ3v) is 4.71. The average Bonchev–Trinajstić information content (AvgIpc) is 2.59. The molecule has 0 saturated carbocycles. The Hall–Kier alpha value is -0.120. The van der Waals surface area contributed by atoms with Gasteiger partial charge in [0.1, 0.15) is 0 Å². The highest BCUT2D eigenvalue weighted by molar-refractivity contribution is 4.61. The second-order valence-electron chi connectivity index (χ2n) is 7.89. The van der Waals surface area contributed by atoms with Crippen LogP contribution in [0.4, 0.5) is 0 Å². The average molecular weight is 358 g/mol. The Balaban J connectivity index is 3.07. The van der Waals surface area contributed by atoms with Gasteiger partial charge in [-0.25, -0.2) is 0 Å². The second-order valence-corrected chi connectivity index (χ2v) is 7.89. The van der Waals surface area contributed by atoms with Crippen LogP contribution in [0.2, 0.25) is 0 Å². The molecule has 0 heterocycles. The van der Waals surface area contributed by atoms with Gasteiger partial charge in [0.05, 0.1) is 12.7 Å². The van der Waals surface area contributed by atoms with E-state index in [9.17, 15) is 5.11 Å². The zero-order valence-electron chi connectivity index (χ0n) is 17.5. The molecule has 2 N–H and O–H groups in total. The lowest BCUT2D eigenvalue weighted by Crippen LogP contribution is -2.34. The van der Waals surface area contributed by atoms with Crippen molar-refractivity contribution in [3.05, 3.63) is 0 Å². The van der Waals surface area contributed by atoms with Crippen LogP contribution in [-0.2, 0) is 4.74 Å². The molecule has 0 aliphatic carbocycles. The lowest BCUT2D eigenvalue weighted by molar-refractivity contribution is 0.0346. The predicted molar refractivity (Wildman–Crippen MR) is 110 cm³/mol. The number of aliphatic hydroxyl groups excluding tert-OH is 1. The van der Waals surface area contributed by atoms with Crippen LogP contribution in [0.5, 0.6) is 0 Å². The van der Waals surface area contributed by atoms with Gasteiger partial charge in [0.2, 0.25) is 0 Å². The fraction of sp³-hybridized carbons (Fsp3) is 1.00. The van der Waals surface area contributed by atoms with Crippen molar-refractivity contribution in [1.82, 2.24) is 5.32 Å². The lowest BCUT2D eigenvalue weighted by atomic mass is 10.0. The smallest absolute Gasteiger partial charge is 0.0897 e. The summed E-state index contributed by atoms with van der Waals surface area (Å²) in [4.78, 5) is 0. The molecule has 1 atom stereocenters. The first-order valence-electron chi connectivity index (χ1n) is 11.2. The summed E-state index contributed by atoms with van der Waals surface area (Å²) < 4.78 is 5.54. The third-order valence-electron chi connectivity index (χ3n) is 4.71. The van der Waals surface area contributed by atoms with Crippen LogP contribution in [-0.4, -0.2) is 37.0 Å². The summed E-state index contributed by atoms with van der Waals surface area (Å²) in [7, 11) is 0. The minimum atomic E-state index is -0.381. The molecule has 0 spiro atoms. The summed E-state index contributed by atoms with van der Waals surface area (Å²) in [6, 6.07) is 0.417. The van der Waals surface area contributed by atoms with E-state index in [1.54, 1.807) is 0 Å². The number of hydrogen-bond acceptors (Lipinski definition) is 3. The number of aliphatic hydroxyl groups is 1. The van der Waals surface area contributed by atoms with E-state index in [2.05, 4.69) is 26.1 Å². The highest BCUT2D eigenvalue weighted by Gasteiger charge is 2.04. The summed E-state index contributed by atoms with van der Waals surface area (Å²) in [5.74, 6) is 0. The first-order chi connectivity index (χ1) is 12.2. The van der Waals surface area contributed by atoms with E-state index in [0.29, 0.717) is 19.2 Å². The molecule has 0 aromatic heterocycles. The first kappa shape index (κ1) is 24.9. The summed E-state index contributed by atoms with van der Waals surface area (Å²) in [6.45, 7) is 8.32. The van der Waals surface area contributed by atoms with Gasteiger partial charge in [0, 0.05) is 19.2 Å². The van der Waals surface area contributed by atoms with Crippen LogP contribution in [0.25, 0.3) is 0 Å². The Labute approximate surface area is 158 Å². The number of unbranched alkanes of at least 4 members (excludes halogenated alkanes) is 13. The zero-order chi connectivity index (χ0) is 18.6. The molecule has 0 aliphatic heterocycles. The zero-order valence-corrected chi connectivity index (χ0v) is 17.5. The summed E-state index contributed by atoms with van der Waals surface area (Å²) >= 11 is 0. The van der Waals surface area contributed by atoms with Crippen LogP contribution in [0.15, 0.2) is 0 Å². The van der Waals surface area contributed by atoms with E-state index in [1.165, 1.54) is 83.5 Å². The highest BCUT2D eigenvalue weighted by Crippen LogP contribution is 2.12. The molecule has 3 nitrogen and oxygen atoms in total. The molecule has 152 valence electrons. The van der Waals surface area contributed by atoms with Crippen molar-refractivity contribution in [1.29, 1.82) is 0 Å². The van der Waals surface area contributed by atoms with Gasteiger partial charge in [0.15, 0.2) is 0 Å². The van der Waals surface area contributed by atoms with Crippen LogP contribution in [0, 0.1) is 0 Å². The molecule has 0 aliphatic rings. The molecule has 0 rings (SSSR count). The van der Waals surface area contributed by atoms with Crippen LogP contribution >= 0.6 is 0 Å². The Morgan fingerprint density at radius 3 is 1.60 bits per heavy atom. The Morgan fingerprint density at radius 1 is 0.720 bits per heavy atom. The van der Waals surface area contributed by atoms with E-state index in [-0.39, 0.29) is 6.10 Å². The number of ether oxygens (including phenoxy) is 1. The van der Waals surface area contributed by atoms with Crippen molar-refractivity contribution in [3.8, 4) is 0 Å². The molecule has 0 radical (unpaired) electrons. The minimum Gasteiger partial charge on any atom is -0.389 e. The molecule has 0 aromatic carbocycles. The molecule has 25 heavy (non-hydrogen) atoms. The van der Waals surface area contributed by atoms with Crippen molar-refractivity contribution >= 4 is 0 Å². The topological polar surface area (TPSA) is 41.5 Å². The molecule has 1 unspecified atom stereocenters. The maximum absolute atomic E-state index is 9.73. The summed E-state index contributed by atoms with van der Waals surface area (Å²) in [5.41, 5.74) is 0. The van der Waals surface area contributed by atoms with Gasteiger partial charge in [-0.15, -0.1) is 0 Å².